The number of hydrogen-bond acceptors (Lipinski definition) is 3. The van der Waals surface area contributed by atoms with Gasteiger partial charge in [0.15, 0.2) is 5.76 Å². The average Bonchev–Trinajstić information content (AvgIpc) is 2.97. The normalized spacial score (nSPS) is 12.4. The molecular formula is C13H14ClNO2S. The number of aryl methyl sites for hydroxylation is 1. The van der Waals surface area contributed by atoms with Crippen molar-refractivity contribution in [1.29, 1.82) is 0 Å². The summed E-state index contributed by atoms with van der Waals surface area (Å²) in [4.78, 5) is 13.1. The van der Waals surface area contributed by atoms with Gasteiger partial charge in [-0.05, 0) is 31.4 Å². The molecule has 0 aliphatic rings. The third-order valence-electron chi connectivity index (χ3n) is 2.71. The van der Waals surface area contributed by atoms with Crippen LogP contribution in [-0.4, -0.2) is 5.91 Å². The molecule has 1 amide bonds. The second kappa shape index (κ2) is 5.59. The van der Waals surface area contributed by atoms with Crippen LogP contribution in [0.5, 0.6) is 0 Å². The molecule has 0 fully saturated rings. The van der Waals surface area contributed by atoms with Crippen molar-refractivity contribution in [2.24, 2.45) is 0 Å². The lowest BCUT2D eigenvalue weighted by molar-refractivity contribution is 0.0911. The van der Waals surface area contributed by atoms with Gasteiger partial charge in [0.05, 0.1) is 11.9 Å². The number of nitrogens with one attached hydrogen (secondary N) is 1. The molecule has 0 aliphatic carbocycles. The fraction of sp³-hybridized carbons (Fsp3) is 0.308. The van der Waals surface area contributed by atoms with E-state index < -0.39 is 0 Å². The van der Waals surface area contributed by atoms with Crippen molar-refractivity contribution in [2.75, 3.05) is 0 Å². The molecule has 0 saturated carbocycles. The van der Waals surface area contributed by atoms with Gasteiger partial charge in [0, 0.05) is 10.4 Å². The van der Waals surface area contributed by atoms with E-state index in [9.17, 15) is 4.79 Å². The first-order chi connectivity index (χ1) is 8.61. The molecule has 3 nitrogen and oxygen atoms in total. The van der Waals surface area contributed by atoms with E-state index in [2.05, 4.69) is 5.32 Å². The standard InChI is InChI=1S/C13H14ClNO2S/c1-8(12-4-3-5-18-12)15-13(16)11-6-10(7-14)9(2)17-11/h3-6,8H,7H2,1-2H3,(H,15,16). The molecule has 2 rings (SSSR count). The quantitative estimate of drug-likeness (QED) is 0.865. The highest BCUT2D eigenvalue weighted by atomic mass is 35.5. The number of rotatable bonds is 4. The van der Waals surface area contributed by atoms with Crippen LogP contribution < -0.4 is 5.32 Å². The Balaban J connectivity index is 2.07. The number of carbonyl (C=O) groups excluding carboxylic acids is 1. The largest absolute Gasteiger partial charge is 0.456 e. The Kier molecular flexibility index (Phi) is 4.09. The predicted octanol–water partition coefficient (Wildman–Crippen LogP) is 3.88. The fourth-order valence-corrected chi connectivity index (χ4v) is 2.64. The maximum atomic E-state index is 12.0. The molecule has 1 atom stereocenters. The summed E-state index contributed by atoms with van der Waals surface area (Å²) < 4.78 is 5.39. The van der Waals surface area contributed by atoms with E-state index in [0.717, 1.165) is 10.4 Å². The van der Waals surface area contributed by atoms with Gasteiger partial charge in [-0.2, -0.15) is 0 Å². The van der Waals surface area contributed by atoms with E-state index in [4.69, 9.17) is 16.0 Å². The van der Waals surface area contributed by atoms with Crippen molar-refractivity contribution in [1.82, 2.24) is 5.32 Å². The third-order valence-corrected chi connectivity index (χ3v) is 4.05. The summed E-state index contributed by atoms with van der Waals surface area (Å²) in [5, 5.41) is 4.88. The Morgan fingerprint density at radius 1 is 1.61 bits per heavy atom. The molecule has 0 saturated heterocycles. The first-order valence-electron chi connectivity index (χ1n) is 5.61. The van der Waals surface area contributed by atoms with E-state index in [1.54, 1.807) is 24.3 Å². The topological polar surface area (TPSA) is 42.2 Å². The zero-order chi connectivity index (χ0) is 13.1. The molecule has 0 radical (unpaired) electrons. The highest BCUT2D eigenvalue weighted by Gasteiger charge is 2.17. The molecule has 0 spiro atoms. The van der Waals surface area contributed by atoms with Crippen LogP contribution in [0.4, 0.5) is 0 Å². The summed E-state index contributed by atoms with van der Waals surface area (Å²) in [5.41, 5.74) is 0.852. The van der Waals surface area contributed by atoms with E-state index in [0.29, 0.717) is 17.4 Å². The van der Waals surface area contributed by atoms with Gasteiger partial charge in [-0.15, -0.1) is 22.9 Å². The van der Waals surface area contributed by atoms with Crippen LogP contribution in [-0.2, 0) is 5.88 Å². The number of thiophene rings is 1. The van der Waals surface area contributed by atoms with Crippen LogP contribution in [0.25, 0.3) is 0 Å². The molecule has 0 aliphatic heterocycles. The number of amides is 1. The van der Waals surface area contributed by atoms with Gasteiger partial charge in [0.1, 0.15) is 5.76 Å². The van der Waals surface area contributed by atoms with Gasteiger partial charge in [0.25, 0.3) is 5.91 Å². The second-order valence-electron chi connectivity index (χ2n) is 4.04. The summed E-state index contributed by atoms with van der Waals surface area (Å²) in [5.74, 6) is 1.14. The summed E-state index contributed by atoms with van der Waals surface area (Å²) in [6.45, 7) is 3.75. The molecule has 5 heteroatoms. The monoisotopic (exact) mass is 283 g/mol. The summed E-state index contributed by atoms with van der Waals surface area (Å²) in [7, 11) is 0. The Labute approximate surface area is 115 Å². The number of carbonyl (C=O) groups is 1. The van der Waals surface area contributed by atoms with Crippen LogP contribution >= 0.6 is 22.9 Å². The first kappa shape index (κ1) is 13.2. The molecule has 2 aromatic rings. The lowest BCUT2D eigenvalue weighted by Crippen LogP contribution is -2.25. The zero-order valence-corrected chi connectivity index (χ0v) is 11.8. The second-order valence-corrected chi connectivity index (χ2v) is 5.28. The van der Waals surface area contributed by atoms with Crippen LogP contribution in [0.1, 0.15) is 39.7 Å². The molecule has 1 unspecified atom stereocenters. The maximum Gasteiger partial charge on any atom is 0.287 e. The Bertz CT molecular complexity index is 533. The Morgan fingerprint density at radius 2 is 2.39 bits per heavy atom. The van der Waals surface area contributed by atoms with Gasteiger partial charge in [-0.1, -0.05) is 6.07 Å². The van der Waals surface area contributed by atoms with E-state index in [1.165, 1.54) is 0 Å². The van der Waals surface area contributed by atoms with Gasteiger partial charge in [0.2, 0.25) is 0 Å². The summed E-state index contributed by atoms with van der Waals surface area (Å²) >= 11 is 7.36. The number of halogens is 1. The third kappa shape index (κ3) is 2.76. The first-order valence-corrected chi connectivity index (χ1v) is 7.02. The van der Waals surface area contributed by atoms with E-state index in [1.807, 2.05) is 24.4 Å². The van der Waals surface area contributed by atoms with Crippen molar-refractivity contribution in [3.8, 4) is 0 Å². The maximum absolute atomic E-state index is 12.0. The minimum absolute atomic E-state index is 0.0256. The van der Waals surface area contributed by atoms with Gasteiger partial charge < -0.3 is 9.73 Å². The number of alkyl halides is 1. The van der Waals surface area contributed by atoms with Gasteiger partial charge >= 0.3 is 0 Å². The highest BCUT2D eigenvalue weighted by molar-refractivity contribution is 7.10. The van der Waals surface area contributed by atoms with Crippen LogP contribution in [0, 0.1) is 6.92 Å². The molecule has 0 aromatic carbocycles. The molecule has 2 heterocycles. The van der Waals surface area contributed by atoms with Crippen molar-refractivity contribution in [2.45, 2.75) is 25.8 Å². The van der Waals surface area contributed by atoms with Crippen LogP contribution in [0.2, 0.25) is 0 Å². The lowest BCUT2D eigenvalue weighted by atomic mass is 10.2. The van der Waals surface area contributed by atoms with Crippen molar-refractivity contribution in [3.05, 3.63) is 45.5 Å². The number of hydrogen-bond donors (Lipinski definition) is 1. The summed E-state index contributed by atoms with van der Waals surface area (Å²) in [6.07, 6.45) is 0. The van der Waals surface area contributed by atoms with Crippen molar-refractivity contribution < 1.29 is 9.21 Å². The Morgan fingerprint density at radius 3 is 2.94 bits per heavy atom. The molecule has 1 N–H and O–H groups in total. The predicted molar refractivity (Wildman–Crippen MR) is 73.2 cm³/mol. The van der Waals surface area contributed by atoms with Crippen molar-refractivity contribution in [3.63, 3.8) is 0 Å². The minimum atomic E-state index is -0.213. The Hall–Kier alpha value is -1.26. The molecular weight excluding hydrogens is 270 g/mol. The van der Waals surface area contributed by atoms with Gasteiger partial charge in [-0.3, -0.25) is 4.79 Å². The average molecular weight is 284 g/mol. The van der Waals surface area contributed by atoms with Gasteiger partial charge in [-0.25, -0.2) is 0 Å². The molecule has 96 valence electrons. The number of furan rings is 1. The van der Waals surface area contributed by atoms with E-state index in [-0.39, 0.29) is 11.9 Å². The lowest BCUT2D eigenvalue weighted by Gasteiger charge is -2.10. The van der Waals surface area contributed by atoms with Crippen LogP contribution in [0.3, 0.4) is 0 Å². The molecule has 0 bridgehead atoms. The minimum Gasteiger partial charge on any atom is -0.456 e. The summed E-state index contributed by atoms with van der Waals surface area (Å²) in [6, 6.07) is 5.62. The molecule has 2 aromatic heterocycles. The SMILES string of the molecule is Cc1oc(C(=O)NC(C)c2cccs2)cc1CCl. The highest BCUT2D eigenvalue weighted by Crippen LogP contribution is 2.20. The fourth-order valence-electron chi connectivity index (χ4n) is 1.64. The molecule has 18 heavy (non-hydrogen) atoms. The smallest absolute Gasteiger partial charge is 0.287 e. The van der Waals surface area contributed by atoms with Crippen molar-refractivity contribution >= 4 is 28.8 Å². The zero-order valence-electron chi connectivity index (χ0n) is 10.2. The van der Waals surface area contributed by atoms with Crippen LogP contribution in [0.15, 0.2) is 28.0 Å². The van der Waals surface area contributed by atoms with E-state index >= 15 is 0 Å².